The van der Waals surface area contributed by atoms with Crippen molar-refractivity contribution in [3.8, 4) is 0 Å². The van der Waals surface area contributed by atoms with Crippen molar-refractivity contribution in [1.29, 1.82) is 0 Å². The van der Waals surface area contributed by atoms with Crippen molar-refractivity contribution in [2.75, 3.05) is 20.2 Å². The molecular formula is C18H26N2O6. The molecule has 0 atom stereocenters. The summed E-state index contributed by atoms with van der Waals surface area (Å²) in [6.45, 7) is 1.09. The zero-order valence-electron chi connectivity index (χ0n) is 15.0. The number of amides is 2. The van der Waals surface area contributed by atoms with Gasteiger partial charge in [-0.2, -0.15) is 0 Å². The van der Waals surface area contributed by atoms with Crippen LogP contribution in [0.5, 0.6) is 0 Å². The number of nitrogens with zero attached hydrogens (tertiary/aromatic N) is 1. The van der Waals surface area contributed by atoms with Gasteiger partial charge in [-0.3, -0.25) is 14.4 Å². The maximum absolute atomic E-state index is 12.2. The van der Waals surface area contributed by atoms with Gasteiger partial charge < -0.3 is 15.2 Å². The number of alkyl carbamates (subject to hydrolysis) is 1. The fourth-order valence-electron chi connectivity index (χ4n) is 2.15. The highest BCUT2D eigenvalue weighted by Gasteiger charge is 2.15. The summed E-state index contributed by atoms with van der Waals surface area (Å²) in [5, 5.41) is 12.6. The zero-order chi connectivity index (χ0) is 19.2. The van der Waals surface area contributed by atoms with Crippen LogP contribution >= 0.6 is 0 Å². The minimum absolute atomic E-state index is 0.103. The van der Waals surface area contributed by atoms with E-state index in [2.05, 4.69) is 10.1 Å². The number of rotatable bonds is 12. The Kier molecular flexibility index (Phi) is 10.5. The average molecular weight is 366 g/mol. The van der Waals surface area contributed by atoms with Crippen molar-refractivity contribution in [1.82, 2.24) is 10.4 Å². The third-order valence-corrected chi connectivity index (χ3v) is 3.55. The lowest BCUT2D eigenvalue weighted by molar-refractivity contribution is -0.192. The third kappa shape index (κ3) is 9.63. The highest BCUT2D eigenvalue weighted by molar-refractivity contribution is 5.79. The van der Waals surface area contributed by atoms with Gasteiger partial charge in [0.05, 0.1) is 13.5 Å². The number of benzene rings is 1. The Bertz CT molecular complexity index is 564. The van der Waals surface area contributed by atoms with Crippen LogP contribution < -0.4 is 5.32 Å². The van der Waals surface area contributed by atoms with E-state index in [0.29, 0.717) is 19.5 Å². The lowest BCUT2D eigenvalue weighted by atomic mass is 10.2. The Morgan fingerprint density at radius 3 is 2.46 bits per heavy atom. The first-order valence-electron chi connectivity index (χ1n) is 8.53. The molecule has 1 aromatic rings. The molecule has 1 rings (SSSR count). The lowest BCUT2D eigenvalue weighted by Crippen LogP contribution is -2.32. The molecule has 0 aromatic heterocycles. The molecule has 1 aromatic carbocycles. The summed E-state index contributed by atoms with van der Waals surface area (Å²) in [7, 11) is 1.31. The molecule has 0 aliphatic heterocycles. The Labute approximate surface area is 153 Å². The van der Waals surface area contributed by atoms with Gasteiger partial charge in [-0.15, -0.1) is 0 Å². The summed E-state index contributed by atoms with van der Waals surface area (Å²) in [5.41, 5.74) is 0.922. The predicted molar refractivity (Wildman–Crippen MR) is 94.1 cm³/mol. The van der Waals surface area contributed by atoms with E-state index in [-0.39, 0.29) is 25.4 Å². The van der Waals surface area contributed by atoms with E-state index >= 15 is 0 Å². The van der Waals surface area contributed by atoms with Crippen molar-refractivity contribution >= 4 is 18.0 Å². The summed E-state index contributed by atoms with van der Waals surface area (Å²) in [6.07, 6.45) is 1.39. The number of hydroxylamine groups is 2. The van der Waals surface area contributed by atoms with E-state index in [0.717, 1.165) is 18.4 Å². The SMILES string of the molecule is COC(=O)NCCCCCN(OCc1ccccc1)C(=O)CCC(=O)O. The van der Waals surface area contributed by atoms with Crippen LogP contribution in [0, 0.1) is 0 Å². The molecule has 0 unspecified atom stereocenters. The van der Waals surface area contributed by atoms with E-state index < -0.39 is 12.1 Å². The Hall–Kier alpha value is -2.61. The Balaban J connectivity index is 2.40. The van der Waals surface area contributed by atoms with Crippen molar-refractivity contribution in [2.45, 2.75) is 38.7 Å². The normalized spacial score (nSPS) is 10.2. The summed E-state index contributed by atoms with van der Waals surface area (Å²) >= 11 is 0. The van der Waals surface area contributed by atoms with Crippen LogP contribution in [0.2, 0.25) is 0 Å². The molecule has 0 spiro atoms. The van der Waals surface area contributed by atoms with Crippen molar-refractivity contribution in [3.63, 3.8) is 0 Å². The Morgan fingerprint density at radius 1 is 1.08 bits per heavy atom. The number of carboxylic acids is 1. The van der Waals surface area contributed by atoms with Gasteiger partial charge in [-0.05, 0) is 24.8 Å². The minimum atomic E-state index is -1.02. The number of nitrogens with one attached hydrogen (secondary N) is 1. The summed E-state index contributed by atoms with van der Waals surface area (Å²) in [6, 6.07) is 9.42. The molecule has 26 heavy (non-hydrogen) atoms. The lowest BCUT2D eigenvalue weighted by Gasteiger charge is -2.22. The Morgan fingerprint density at radius 2 is 1.81 bits per heavy atom. The second-order valence-electron chi connectivity index (χ2n) is 5.63. The topological polar surface area (TPSA) is 105 Å². The fourth-order valence-corrected chi connectivity index (χ4v) is 2.15. The number of hydrogen-bond acceptors (Lipinski definition) is 5. The van der Waals surface area contributed by atoms with Crippen LogP contribution in [0.3, 0.4) is 0 Å². The number of methoxy groups -OCH3 is 1. The largest absolute Gasteiger partial charge is 0.481 e. The molecule has 8 heteroatoms. The van der Waals surface area contributed by atoms with E-state index in [9.17, 15) is 14.4 Å². The number of unbranched alkanes of at least 4 members (excludes halogenated alkanes) is 2. The minimum Gasteiger partial charge on any atom is -0.481 e. The smallest absolute Gasteiger partial charge is 0.406 e. The van der Waals surface area contributed by atoms with Gasteiger partial charge in [0.15, 0.2) is 0 Å². The zero-order valence-corrected chi connectivity index (χ0v) is 15.0. The van der Waals surface area contributed by atoms with Crippen LogP contribution in [0.4, 0.5) is 4.79 Å². The first-order valence-corrected chi connectivity index (χ1v) is 8.53. The van der Waals surface area contributed by atoms with Crippen LogP contribution in [0.25, 0.3) is 0 Å². The van der Waals surface area contributed by atoms with Crippen molar-refractivity contribution in [3.05, 3.63) is 35.9 Å². The maximum atomic E-state index is 12.2. The van der Waals surface area contributed by atoms with E-state index in [1.807, 2.05) is 30.3 Å². The molecule has 8 nitrogen and oxygen atoms in total. The average Bonchev–Trinajstić information content (AvgIpc) is 2.65. The number of hydrogen-bond donors (Lipinski definition) is 2. The monoisotopic (exact) mass is 366 g/mol. The molecule has 0 radical (unpaired) electrons. The molecule has 0 fully saturated rings. The molecule has 2 amide bonds. The first kappa shape index (κ1) is 21.4. The van der Waals surface area contributed by atoms with Crippen LogP contribution in [-0.4, -0.2) is 48.3 Å². The summed E-state index contributed by atoms with van der Waals surface area (Å²) in [5.74, 6) is -1.37. The van der Waals surface area contributed by atoms with Gasteiger partial charge >= 0.3 is 12.1 Å². The van der Waals surface area contributed by atoms with Gasteiger partial charge in [0.2, 0.25) is 5.91 Å². The van der Waals surface area contributed by atoms with Gasteiger partial charge in [-0.1, -0.05) is 30.3 Å². The molecule has 0 heterocycles. The van der Waals surface area contributed by atoms with E-state index in [4.69, 9.17) is 9.94 Å². The summed E-state index contributed by atoms with van der Waals surface area (Å²) < 4.78 is 4.48. The van der Waals surface area contributed by atoms with E-state index in [1.54, 1.807) is 0 Å². The molecule has 2 N–H and O–H groups in total. The molecular weight excluding hydrogens is 340 g/mol. The number of carbonyl (C=O) groups excluding carboxylic acids is 2. The summed E-state index contributed by atoms with van der Waals surface area (Å²) in [4.78, 5) is 39.4. The highest BCUT2D eigenvalue weighted by Crippen LogP contribution is 2.08. The molecule has 0 aliphatic rings. The maximum Gasteiger partial charge on any atom is 0.406 e. The van der Waals surface area contributed by atoms with Crippen LogP contribution in [0.1, 0.15) is 37.7 Å². The predicted octanol–water partition coefficient (Wildman–Crippen LogP) is 2.34. The number of carbonyl (C=O) groups is 3. The van der Waals surface area contributed by atoms with Gasteiger partial charge in [0.1, 0.15) is 6.61 Å². The first-order chi connectivity index (χ1) is 12.5. The van der Waals surface area contributed by atoms with Gasteiger partial charge in [0.25, 0.3) is 0 Å². The molecule has 144 valence electrons. The van der Waals surface area contributed by atoms with Gasteiger partial charge in [0, 0.05) is 19.5 Å². The number of aliphatic carboxylic acids is 1. The second-order valence-corrected chi connectivity index (χ2v) is 5.63. The van der Waals surface area contributed by atoms with E-state index in [1.165, 1.54) is 12.2 Å². The molecule has 0 saturated heterocycles. The number of ether oxygens (including phenoxy) is 1. The third-order valence-electron chi connectivity index (χ3n) is 3.55. The highest BCUT2D eigenvalue weighted by atomic mass is 16.7. The standard InChI is InChI=1S/C18H26N2O6/c1-25-18(24)19-12-6-3-7-13-20(16(21)10-11-17(22)23)26-14-15-8-4-2-5-9-15/h2,4-5,8-9H,3,6-7,10-14H2,1H3,(H,19,24)(H,22,23). The number of carboxylic acid groups (broad SMARTS) is 1. The molecule has 0 saturated carbocycles. The second kappa shape index (κ2) is 12.7. The van der Waals surface area contributed by atoms with Crippen molar-refractivity contribution in [2.24, 2.45) is 0 Å². The van der Waals surface area contributed by atoms with Gasteiger partial charge in [-0.25, -0.2) is 9.86 Å². The molecule has 0 bridgehead atoms. The van der Waals surface area contributed by atoms with Crippen LogP contribution in [0.15, 0.2) is 30.3 Å². The fraction of sp³-hybridized carbons (Fsp3) is 0.500. The molecule has 0 aliphatic carbocycles. The van der Waals surface area contributed by atoms with Crippen molar-refractivity contribution < 1.29 is 29.1 Å². The quantitative estimate of drug-likeness (QED) is 0.434. The van der Waals surface area contributed by atoms with Crippen LogP contribution in [-0.2, 0) is 25.8 Å².